The topological polar surface area (TPSA) is 143 Å². The number of amides is 6. The molecule has 4 aliphatic rings. The summed E-state index contributed by atoms with van der Waals surface area (Å²) in [5.41, 5.74) is 5.31. The van der Waals surface area contributed by atoms with Gasteiger partial charge in [-0.05, 0) is 109 Å². The van der Waals surface area contributed by atoms with Crippen molar-refractivity contribution in [3.05, 3.63) is 162 Å². The zero-order valence-corrected chi connectivity index (χ0v) is 38.0. The van der Waals surface area contributed by atoms with Crippen LogP contribution in [-0.2, 0) is 41.9 Å². The van der Waals surface area contributed by atoms with Crippen LogP contribution in [0.2, 0.25) is 0 Å². The summed E-state index contributed by atoms with van der Waals surface area (Å²) in [7, 11) is 0. The van der Waals surface area contributed by atoms with E-state index in [2.05, 4.69) is 15.5 Å². The minimum atomic E-state index is -0.776. The second kappa shape index (κ2) is 20.7. The van der Waals surface area contributed by atoms with E-state index in [1.165, 1.54) is 12.1 Å². The summed E-state index contributed by atoms with van der Waals surface area (Å²) in [5, 5.41) is 6.04. The fraction of sp³-hybridized carbons (Fsp3) is 0.333. The van der Waals surface area contributed by atoms with E-state index >= 15 is 0 Å². The van der Waals surface area contributed by atoms with Gasteiger partial charge in [-0.2, -0.15) is 0 Å². The normalized spacial score (nSPS) is 19.0. The van der Waals surface area contributed by atoms with Crippen LogP contribution in [0.1, 0.15) is 85.7 Å². The summed E-state index contributed by atoms with van der Waals surface area (Å²) in [6.45, 7) is 2.77. The Kier molecular flexibility index (Phi) is 13.9. The van der Waals surface area contributed by atoms with Crippen molar-refractivity contribution in [2.24, 2.45) is 0 Å². The van der Waals surface area contributed by atoms with Gasteiger partial charge in [-0.3, -0.25) is 28.8 Å². The Hall–Kier alpha value is -7.35. The number of hydrogen-bond acceptors (Lipinski definition) is 7. The fourth-order valence-electron chi connectivity index (χ4n) is 10.2. The van der Waals surface area contributed by atoms with Gasteiger partial charge in [-0.1, -0.05) is 84.9 Å². The molecule has 4 fully saturated rings. The van der Waals surface area contributed by atoms with Crippen molar-refractivity contribution in [2.75, 3.05) is 41.7 Å². The van der Waals surface area contributed by atoms with Gasteiger partial charge in [0.25, 0.3) is 11.8 Å². The average molecular weight is 918 g/mol. The lowest BCUT2D eigenvalue weighted by molar-refractivity contribution is -0.146. The summed E-state index contributed by atoms with van der Waals surface area (Å²) in [5.74, 6) is -1.51. The van der Waals surface area contributed by atoms with Crippen molar-refractivity contribution >= 4 is 52.5 Å². The minimum Gasteiger partial charge on any atom is -0.363 e. The van der Waals surface area contributed by atoms with E-state index in [0.29, 0.717) is 102 Å². The molecule has 4 heterocycles. The predicted octanol–water partition coefficient (Wildman–Crippen LogP) is 7.62. The van der Waals surface area contributed by atoms with Crippen molar-refractivity contribution in [2.45, 2.75) is 88.6 Å². The number of nitrogens with zero attached hydrogens (tertiary/aromatic N) is 5. The van der Waals surface area contributed by atoms with Crippen LogP contribution in [0.3, 0.4) is 0 Å². The molecule has 0 aliphatic carbocycles. The van der Waals surface area contributed by atoms with Gasteiger partial charge in [0.15, 0.2) is 0 Å². The molecule has 13 nitrogen and oxygen atoms in total. The number of hydrogen-bond donors (Lipinski definition) is 2. The van der Waals surface area contributed by atoms with Crippen molar-refractivity contribution in [3.63, 3.8) is 0 Å². The molecule has 350 valence electrons. The first kappa shape index (κ1) is 45.8. The first-order chi connectivity index (χ1) is 33.1. The van der Waals surface area contributed by atoms with Gasteiger partial charge in [-0.15, -0.1) is 0 Å². The van der Waals surface area contributed by atoms with Crippen LogP contribution in [0, 0.1) is 5.82 Å². The van der Waals surface area contributed by atoms with Crippen LogP contribution in [0.5, 0.6) is 0 Å². The summed E-state index contributed by atoms with van der Waals surface area (Å²) < 4.78 is 14.1. The summed E-state index contributed by atoms with van der Waals surface area (Å²) >= 11 is 0. The van der Waals surface area contributed by atoms with Crippen LogP contribution < -0.4 is 15.5 Å². The third-order valence-corrected chi connectivity index (χ3v) is 13.6. The summed E-state index contributed by atoms with van der Waals surface area (Å²) in [6.07, 6.45) is 4.58. The number of nitrogens with one attached hydrogen (secondary N) is 2. The van der Waals surface area contributed by atoms with E-state index in [0.717, 1.165) is 27.9 Å². The Morgan fingerprint density at radius 1 is 0.529 bits per heavy atom. The Morgan fingerprint density at radius 2 is 0.941 bits per heavy atom. The second-order valence-corrected chi connectivity index (χ2v) is 18.1. The molecule has 5 aromatic rings. The van der Waals surface area contributed by atoms with Gasteiger partial charge < -0.3 is 35.1 Å². The monoisotopic (exact) mass is 917 g/mol. The highest BCUT2D eigenvalue weighted by molar-refractivity contribution is 6.00. The molecule has 4 saturated heterocycles. The maximum atomic E-state index is 14.2. The second-order valence-electron chi connectivity index (χ2n) is 18.1. The molecular weight excluding hydrogens is 862 g/mol. The largest absolute Gasteiger partial charge is 0.363 e. The van der Waals surface area contributed by atoms with Crippen molar-refractivity contribution in [1.29, 1.82) is 0 Å². The van der Waals surface area contributed by atoms with E-state index in [1.807, 2.05) is 109 Å². The maximum Gasteiger partial charge on any atom is 0.250 e. The lowest BCUT2D eigenvalue weighted by atomic mass is 10.0. The van der Waals surface area contributed by atoms with Crippen LogP contribution in [0.15, 0.2) is 133 Å². The molecule has 14 heteroatoms. The SMILES string of the molecule is O=C(Nc1ccc(CN(Cc2ccc(NC(=O)[C@@H]3CCCN3C(=O)C(c3ccccc3)N3CCCC3=O)cc2)c2ccc(F)cc2)cc1)[C@@H]1CCCN1C(=O)C(c1ccccc1)N1CCCC1=O. The van der Waals surface area contributed by atoms with E-state index < -0.39 is 24.2 Å². The highest BCUT2D eigenvalue weighted by atomic mass is 19.1. The zero-order valence-electron chi connectivity index (χ0n) is 38.0. The summed E-state index contributed by atoms with van der Waals surface area (Å²) in [6, 6.07) is 37.0. The van der Waals surface area contributed by atoms with Crippen molar-refractivity contribution in [3.8, 4) is 0 Å². The average Bonchev–Trinajstić information content (AvgIpc) is 4.21. The molecule has 0 spiro atoms. The smallest absolute Gasteiger partial charge is 0.250 e. The lowest BCUT2D eigenvalue weighted by Gasteiger charge is -2.33. The minimum absolute atomic E-state index is 0.0565. The zero-order chi connectivity index (χ0) is 47.1. The van der Waals surface area contributed by atoms with E-state index in [4.69, 9.17) is 0 Å². The van der Waals surface area contributed by atoms with Gasteiger partial charge in [0, 0.05) is 69.2 Å². The number of carbonyl (C=O) groups excluding carboxylic acids is 6. The third kappa shape index (κ3) is 10.1. The first-order valence-electron chi connectivity index (χ1n) is 23.7. The first-order valence-corrected chi connectivity index (χ1v) is 23.7. The molecule has 0 bridgehead atoms. The van der Waals surface area contributed by atoms with E-state index in [-0.39, 0.29) is 41.3 Å². The Morgan fingerprint density at radius 3 is 1.32 bits per heavy atom. The van der Waals surface area contributed by atoms with Crippen molar-refractivity contribution < 1.29 is 33.2 Å². The number of anilines is 3. The molecule has 6 amide bonds. The quantitative estimate of drug-likeness (QED) is 0.110. The van der Waals surface area contributed by atoms with E-state index in [1.54, 1.807) is 31.7 Å². The third-order valence-electron chi connectivity index (χ3n) is 13.6. The fourth-order valence-corrected chi connectivity index (χ4v) is 10.2. The molecule has 2 N–H and O–H groups in total. The Labute approximate surface area is 395 Å². The van der Waals surface area contributed by atoms with Gasteiger partial charge in [0.1, 0.15) is 30.0 Å². The highest BCUT2D eigenvalue weighted by Gasteiger charge is 2.43. The Balaban J connectivity index is 0.837. The molecule has 9 rings (SSSR count). The summed E-state index contributed by atoms with van der Waals surface area (Å²) in [4.78, 5) is 90.3. The molecule has 4 atom stereocenters. The van der Waals surface area contributed by atoms with Gasteiger partial charge in [0.2, 0.25) is 23.6 Å². The van der Waals surface area contributed by atoms with Gasteiger partial charge >= 0.3 is 0 Å². The molecule has 0 radical (unpaired) electrons. The number of rotatable bonds is 15. The predicted molar refractivity (Wildman–Crippen MR) is 256 cm³/mol. The van der Waals surface area contributed by atoms with Gasteiger partial charge in [0.05, 0.1) is 0 Å². The number of likely N-dealkylation sites (tertiary alicyclic amines) is 4. The highest BCUT2D eigenvalue weighted by Crippen LogP contribution is 2.34. The molecule has 2 unspecified atom stereocenters. The molecule has 0 saturated carbocycles. The van der Waals surface area contributed by atoms with Crippen LogP contribution >= 0.6 is 0 Å². The molecular formula is C54H56FN7O6. The van der Waals surface area contributed by atoms with Gasteiger partial charge in [-0.25, -0.2) is 4.39 Å². The number of carbonyl (C=O) groups is 6. The van der Waals surface area contributed by atoms with E-state index in [9.17, 15) is 33.2 Å². The molecule has 5 aromatic carbocycles. The lowest BCUT2D eigenvalue weighted by Crippen LogP contribution is -2.49. The molecule has 4 aliphatic heterocycles. The Bertz CT molecular complexity index is 2460. The molecule has 0 aromatic heterocycles. The van der Waals surface area contributed by atoms with Crippen molar-refractivity contribution in [1.82, 2.24) is 19.6 Å². The van der Waals surface area contributed by atoms with Crippen LogP contribution in [0.25, 0.3) is 0 Å². The van der Waals surface area contributed by atoms with Crippen LogP contribution in [-0.4, -0.2) is 93.3 Å². The van der Waals surface area contributed by atoms with Crippen LogP contribution in [0.4, 0.5) is 21.5 Å². The standard InChI is InChI=1S/C54H56FN7O6/c55-41-23-29-44(30-24-41)58(35-37-19-25-42(26-20-37)56-51(65)45-15-7-31-59(45)53(67)49(39-11-3-1-4-12-39)61-33-9-17-47(61)63)36-38-21-27-43(28-22-38)57-52(66)46-16-8-32-60(46)54(68)50(40-13-5-2-6-14-40)62-34-10-18-48(62)64/h1-6,11-14,19-30,45-46,49-50H,7-10,15-18,31-36H2,(H,56,65)(H,57,66)/t45-,46-,49?,50?/m0/s1. The number of halogens is 1. The number of benzene rings is 5. The maximum absolute atomic E-state index is 14.2. The molecule has 68 heavy (non-hydrogen) atoms.